The molecule has 334 valence electrons. The normalized spacial score (nSPS) is 21.2. The average molecular weight is 847 g/mol. The molecule has 0 saturated carbocycles. The molecule has 6 N–H and O–H groups in total. The van der Waals surface area contributed by atoms with E-state index in [0.717, 1.165) is 82.6 Å². The number of fused-ring (bicyclic) bond motifs is 2. The minimum Gasteiger partial charge on any atom is -0.394 e. The third kappa shape index (κ3) is 11.2. The van der Waals surface area contributed by atoms with Crippen LogP contribution in [0.4, 0.5) is 11.4 Å². The SMILES string of the molecule is CC(C)[C@H]1C(=O)N[C@H](CO)[C@H]1c1ccc(NC(=O)CCCCCCCCCCCCCCC(=O)Nc2ccc([C@H]3[C@@H](C(C)C)C(=O)N[C@@H]3CO)c3ccccc23)c2ccccc12. The molecule has 0 bridgehead atoms. The van der Waals surface area contributed by atoms with Gasteiger partial charge in [-0.3, -0.25) is 19.2 Å². The van der Waals surface area contributed by atoms with Gasteiger partial charge in [-0.1, -0.05) is 153 Å². The van der Waals surface area contributed by atoms with Gasteiger partial charge in [0.1, 0.15) is 0 Å². The molecule has 0 spiro atoms. The summed E-state index contributed by atoms with van der Waals surface area (Å²) in [5, 5.41) is 36.4. The Bertz CT molecular complexity index is 2000. The molecule has 2 aliphatic rings. The Morgan fingerprint density at radius 1 is 0.500 bits per heavy atom. The van der Waals surface area contributed by atoms with Gasteiger partial charge in [0.25, 0.3) is 0 Å². The van der Waals surface area contributed by atoms with Gasteiger partial charge in [-0.25, -0.2) is 0 Å². The molecular weight excluding hydrogens is 777 g/mol. The molecule has 4 aromatic rings. The standard InChI is InChI=1S/C52H70N4O6/c1-33(2)47-49(43(31-57)55-51(47)61)39-27-29-41(37-23-19-17-21-35(37)39)53-45(59)25-15-13-11-9-7-5-6-8-10-12-14-16-26-46(60)54-42-30-28-40(36-22-18-20-24-38(36)42)50-44(32-58)56-52(62)48(50)34(3)4/h17-24,27-30,33-34,43-44,47-50,57-58H,5-16,25-26,31-32H2,1-4H3,(H,53,59)(H,54,60)(H,55,61)(H,56,62)/t43-,44-,47-,48-,49-,50-/m1/s1. The zero-order valence-electron chi connectivity index (χ0n) is 37.4. The highest BCUT2D eigenvalue weighted by Gasteiger charge is 2.46. The number of aliphatic hydroxyl groups excluding tert-OH is 2. The van der Waals surface area contributed by atoms with E-state index in [1.807, 2.05) is 100 Å². The lowest BCUT2D eigenvalue weighted by Gasteiger charge is -2.26. The highest BCUT2D eigenvalue weighted by Crippen LogP contribution is 2.44. The van der Waals surface area contributed by atoms with Crippen molar-refractivity contribution in [3.05, 3.63) is 83.9 Å². The fourth-order valence-electron chi connectivity index (χ4n) is 10.3. The number of carbonyl (C=O) groups is 4. The second-order valence-corrected chi connectivity index (χ2v) is 18.5. The number of rotatable bonds is 23. The van der Waals surface area contributed by atoms with E-state index in [-0.39, 0.29) is 84.4 Å². The van der Waals surface area contributed by atoms with Crippen molar-refractivity contribution in [3.8, 4) is 0 Å². The van der Waals surface area contributed by atoms with E-state index in [1.54, 1.807) is 0 Å². The summed E-state index contributed by atoms with van der Waals surface area (Å²) < 4.78 is 0. The van der Waals surface area contributed by atoms with Gasteiger partial charge < -0.3 is 31.5 Å². The summed E-state index contributed by atoms with van der Waals surface area (Å²) in [7, 11) is 0. The van der Waals surface area contributed by atoms with Crippen molar-refractivity contribution in [2.75, 3.05) is 23.8 Å². The Balaban J connectivity index is 0.827. The van der Waals surface area contributed by atoms with Crippen LogP contribution in [0.25, 0.3) is 21.5 Å². The fraction of sp³-hybridized carbons (Fsp3) is 0.538. The molecule has 10 heteroatoms. The summed E-state index contributed by atoms with van der Waals surface area (Å²) in [6.07, 6.45) is 14.3. The number of nitrogens with one attached hydrogen (secondary N) is 4. The smallest absolute Gasteiger partial charge is 0.224 e. The number of hydrogen-bond acceptors (Lipinski definition) is 6. The van der Waals surface area contributed by atoms with Crippen molar-refractivity contribution in [2.45, 2.75) is 142 Å². The predicted molar refractivity (Wildman–Crippen MR) is 250 cm³/mol. The monoisotopic (exact) mass is 847 g/mol. The molecule has 2 fully saturated rings. The largest absolute Gasteiger partial charge is 0.394 e. The molecular formula is C52H70N4O6. The lowest BCUT2D eigenvalue weighted by atomic mass is 9.77. The van der Waals surface area contributed by atoms with Gasteiger partial charge >= 0.3 is 0 Å². The Kier molecular flexibility index (Phi) is 17.0. The molecule has 0 unspecified atom stereocenters. The summed E-state index contributed by atoms with van der Waals surface area (Å²) in [4.78, 5) is 51.6. The quantitative estimate of drug-likeness (QED) is 0.0409. The van der Waals surface area contributed by atoms with Crippen molar-refractivity contribution in [2.24, 2.45) is 23.7 Å². The summed E-state index contributed by atoms with van der Waals surface area (Å²) in [5.41, 5.74) is 3.61. The zero-order chi connectivity index (χ0) is 44.2. The van der Waals surface area contributed by atoms with E-state index in [1.165, 1.54) is 38.5 Å². The summed E-state index contributed by atoms with van der Waals surface area (Å²) in [6, 6.07) is 23.3. The van der Waals surface area contributed by atoms with Crippen molar-refractivity contribution in [3.63, 3.8) is 0 Å². The third-order valence-corrected chi connectivity index (χ3v) is 13.5. The van der Waals surface area contributed by atoms with E-state index in [0.29, 0.717) is 12.8 Å². The first-order valence-electron chi connectivity index (χ1n) is 23.5. The molecule has 2 saturated heterocycles. The first-order valence-corrected chi connectivity index (χ1v) is 23.5. The first-order chi connectivity index (χ1) is 30.0. The van der Waals surface area contributed by atoms with Crippen LogP contribution < -0.4 is 21.3 Å². The maximum Gasteiger partial charge on any atom is 0.224 e. The Morgan fingerprint density at radius 2 is 0.823 bits per heavy atom. The molecule has 2 aliphatic heterocycles. The number of unbranched alkanes of at least 4 members (excludes halogenated alkanes) is 11. The number of amides is 4. The Labute approximate surface area is 368 Å². The molecule has 4 amide bonds. The lowest BCUT2D eigenvalue weighted by molar-refractivity contribution is -0.124. The van der Waals surface area contributed by atoms with Crippen LogP contribution in [-0.4, -0.2) is 59.1 Å². The Hall–Kier alpha value is -4.80. The van der Waals surface area contributed by atoms with Crippen LogP contribution in [0.1, 0.15) is 141 Å². The van der Waals surface area contributed by atoms with Crippen molar-refractivity contribution < 1.29 is 29.4 Å². The molecule has 6 atom stereocenters. The third-order valence-electron chi connectivity index (χ3n) is 13.5. The maximum atomic E-state index is 13.0. The van der Waals surface area contributed by atoms with Gasteiger partial charge in [0.2, 0.25) is 23.6 Å². The van der Waals surface area contributed by atoms with Gasteiger partial charge in [-0.05, 0) is 58.7 Å². The van der Waals surface area contributed by atoms with Crippen molar-refractivity contribution in [1.82, 2.24) is 10.6 Å². The van der Waals surface area contributed by atoms with E-state index in [2.05, 4.69) is 21.3 Å². The lowest BCUT2D eigenvalue weighted by Crippen LogP contribution is -2.31. The second kappa shape index (κ2) is 22.5. The van der Waals surface area contributed by atoms with Crippen LogP contribution in [-0.2, 0) is 19.2 Å². The number of aliphatic hydroxyl groups is 2. The maximum absolute atomic E-state index is 13.0. The molecule has 62 heavy (non-hydrogen) atoms. The highest BCUT2D eigenvalue weighted by atomic mass is 16.3. The average Bonchev–Trinajstić information content (AvgIpc) is 3.79. The molecule has 6 rings (SSSR count). The van der Waals surface area contributed by atoms with Crippen LogP contribution in [0.3, 0.4) is 0 Å². The van der Waals surface area contributed by atoms with Gasteiger partial charge in [0.15, 0.2) is 0 Å². The van der Waals surface area contributed by atoms with Gasteiger partial charge in [-0.2, -0.15) is 0 Å². The van der Waals surface area contributed by atoms with E-state index in [4.69, 9.17) is 0 Å². The number of carbonyl (C=O) groups excluding carboxylic acids is 4. The van der Waals surface area contributed by atoms with Gasteiger partial charge in [0.05, 0.1) is 25.3 Å². The van der Waals surface area contributed by atoms with Gasteiger partial charge in [-0.15, -0.1) is 0 Å². The number of anilines is 2. The Morgan fingerprint density at radius 3 is 1.15 bits per heavy atom. The summed E-state index contributed by atoms with van der Waals surface area (Å²) in [6.45, 7) is 7.96. The predicted octanol–water partition coefficient (Wildman–Crippen LogP) is 9.72. The van der Waals surface area contributed by atoms with Crippen LogP contribution >= 0.6 is 0 Å². The van der Waals surface area contributed by atoms with Crippen molar-refractivity contribution in [1.29, 1.82) is 0 Å². The topological polar surface area (TPSA) is 157 Å². The summed E-state index contributed by atoms with van der Waals surface area (Å²) in [5.74, 6) is -0.469. The molecule has 0 aliphatic carbocycles. The highest BCUT2D eigenvalue weighted by molar-refractivity contribution is 6.05. The van der Waals surface area contributed by atoms with Gasteiger partial charge in [0, 0.05) is 58.7 Å². The van der Waals surface area contributed by atoms with E-state index in [9.17, 15) is 29.4 Å². The minimum absolute atomic E-state index is 0.0128. The minimum atomic E-state index is -0.333. The molecule has 2 heterocycles. The van der Waals surface area contributed by atoms with Crippen LogP contribution in [0, 0.1) is 23.7 Å². The second-order valence-electron chi connectivity index (χ2n) is 18.5. The van der Waals surface area contributed by atoms with Crippen LogP contribution in [0.2, 0.25) is 0 Å². The molecule has 0 aromatic heterocycles. The van der Waals surface area contributed by atoms with Crippen LogP contribution in [0.15, 0.2) is 72.8 Å². The molecule has 10 nitrogen and oxygen atoms in total. The molecule has 4 aromatic carbocycles. The van der Waals surface area contributed by atoms with E-state index < -0.39 is 0 Å². The zero-order valence-corrected chi connectivity index (χ0v) is 37.4. The summed E-state index contributed by atoms with van der Waals surface area (Å²) >= 11 is 0. The fourth-order valence-corrected chi connectivity index (χ4v) is 10.3. The van der Waals surface area contributed by atoms with Crippen molar-refractivity contribution >= 4 is 56.5 Å². The first kappa shape index (κ1) is 46.7. The number of hydrogen-bond donors (Lipinski definition) is 6. The number of benzene rings is 4. The van der Waals surface area contributed by atoms with E-state index >= 15 is 0 Å². The molecule has 0 radical (unpaired) electrons. The van der Waals surface area contributed by atoms with Crippen LogP contribution in [0.5, 0.6) is 0 Å².